The lowest BCUT2D eigenvalue weighted by Crippen LogP contribution is -1.87. The van der Waals surface area contributed by atoms with Crippen molar-refractivity contribution in [2.75, 3.05) is 0 Å². The number of allylic oxidation sites excluding steroid dienone is 2. The number of aliphatic imine (C=N–C) groups is 1. The van der Waals surface area contributed by atoms with E-state index in [0.717, 1.165) is 6.34 Å². The molecule has 0 rings (SSSR count). The predicted molar refractivity (Wildman–Crippen MR) is 32.1 cm³/mol. The minimum absolute atomic E-state index is 0.531. The zero-order valence-electron chi connectivity index (χ0n) is 4.64. The lowest BCUT2D eigenvalue weighted by atomic mass is 10.5. The Kier molecular flexibility index (Phi) is 3.27. The molecular weight excluding hydrogens is 126 g/mol. The van der Waals surface area contributed by atoms with E-state index in [0.29, 0.717) is 6.08 Å². The van der Waals surface area contributed by atoms with Gasteiger partial charge in [-0.25, -0.2) is 9.38 Å². The molecule has 0 aliphatic carbocycles. The summed E-state index contributed by atoms with van der Waals surface area (Å²) < 4.78 is 23.6. The quantitative estimate of drug-likeness (QED) is 0.261. The molecule has 50 valence electrons. The summed E-state index contributed by atoms with van der Waals surface area (Å²) in [5.74, 6) is -1.89. The first-order valence-electron chi connectivity index (χ1n) is 2.12. The molecule has 0 aliphatic heterocycles. The smallest absolute Gasteiger partial charge is 0.217 e. The van der Waals surface area contributed by atoms with Gasteiger partial charge in [0.05, 0.1) is 6.34 Å². The highest BCUT2D eigenvalue weighted by Gasteiger charge is 1.88. The van der Waals surface area contributed by atoms with E-state index in [1.165, 1.54) is 0 Å². The molecule has 0 aromatic rings. The maximum Gasteiger partial charge on any atom is 0.217 e. The highest BCUT2D eigenvalue weighted by Crippen LogP contribution is 2.02. The zero-order valence-corrected chi connectivity index (χ0v) is 4.64. The van der Waals surface area contributed by atoms with Crippen molar-refractivity contribution in [2.24, 2.45) is 10.7 Å². The summed E-state index contributed by atoms with van der Waals surface area (Å²) in [6.45, 7) is 2.78. The second-order valence-corrected chi connectivity index (χ2v) is 1.19. The number of hydrogen-bond donors (Lipinski definition) is 1. The Morgan fingerprint density at radius 1 is 1.56 bits per heavy atom. The van der Waals surface area contributed by atoms with E-state index >= 15 is 0 Å². The summed E-state index contributed by atoms with van der Waals surface area (Å²) in [6.07, 6.45) is 1.26. The van der Waals surface area contributed by atoms with Crippen molar-refractivity contribution in [1.82, 2.24) is 0 Å². The number of hydrogen-bond acceptors (Lipinski definition) is 1. The van der Waals surface area contributed by atoms with E-state index in [4.69, 9.17) is 0 Å². The Hall–Kier alpha value is -1.19. The third kappa shape index (κ3) is 4.67. The lowest BCUT2D eigenvalue weighted by molar-refractivity contribution is 0.608. The van der Waals surface area contributed by atoms with Crippen molar-refractivity contribution in [3.63, 3.8) is 0 Å². The van der Waals surface area contributed by atoms with E-state index in [1.807, 2.05) is 0 Å². The molecule has 9 heavy (non-hydrogen) atoms. The molecule has 0 aromatic heterocycles. The van der Waals surface area contributed by atoms with Gasteiger partial charge in [-0.3, -0.25) is 0 Å². The molecular formula is C5H6F2N2. The van der Waals surface area contributed by atoms with Gasteiger partial charge in [0.2, 0.25) is 5.95 Å². The fraction of sp³-hybridized carbons (Fsp3) is 0. The monoisotopic (exact) mass is 132 g/mol. The Morgan fingerprint density at radius 2 is 2.11 bits per heavy atom. The molecule has 0 spiro atoms. The molecule has 0 bridgehead atoms. The molecule has 0 radical (unpaired) electrons. The van der Waals surface area contributed by atoms with Crippen LogP contribution >= 0.6 is 0 Å². The first kappa shape index (κ1) is 7.81. The molecule has 0 saturated carbocycles. The van der Waals surface area contributed by atoms with Gasteiger partial charge >= 0.3 is 0 Å². The van der Waals surface area contributed by atoms with Crippen molar-refractivity contribution < 1.29 is 8.78 Å². The predicted octanol–water partition coefficient (Wildman–Crippen LogP) is 1.27. The Morgan fingerprint density at radius 3 is 2.44 bits per heavy atom. The SMILES string of the molecule is C=C(F)/C=C(/F)N=CN. The van der Waals surface area contributed by atoms with Gasteiger partial charge in [-0.15, -0.1) is 0 Å². The van der Waals surface area contributed by atoms with Crippen LogP contribution in [-0.2, 0) is 0 Å². The summed E-state index contributed by atoms with van der Waals surface area (Å²) in [5, 5.41) is 0. The molecule has 0 amide bonds. The highest BCUT2D eigenvalue weighted by molar-refractivity contribution is 5.52. The summed E-state index contributed by atoms with van der Waals surface area (Å²) in [4.78, 5) is 2.91. The maximum atomic E-state index is 11.9. The van der Waals surface area contributed by atoms with Gasteiger partial charge in [0.25, 0.3) is 0 Å². The molecule has 0 saturated heterocycles. The van der Waals surface area contributed by atoms with Crippen molar-refractivity contribution in [2.45, 2.75) is 0 Å². The van der Waals surface area contributed by atoms with Gasteiger partial charge in [-0.2, -0.15) is 4.39 Å². The molecule has 0 aromatic carbocycles. The number of nitrogens with two attached hydrogens (primary N) is 1. The van der Waals surface area contributed by atoms with Crippen molar-refractivity contribution in [1.29, 1.82) is 0 Å². The Labute approximate surface area is 51.4 Å². The maximum absolute atomic E-state index is 11.9. The van der Waals surface area contributed by atoms with E-state index in [-0.39, 0.29) is 0 Å². The van der Waals surface area contributed by atoms with Crippen molar-refractivity contribution in [3.8, 4) is 0 Å². The summed E-state index contributed by atoms with van der Waals surface area (Å²) in [7, 11) is 0. The van der Waals surface area contributed by atoms with Crippen molar-refractivity contribution >= 4 is 6.34 Å². The molecule has 0 aliphatic rings. The van der Waals surface area contributed by atoms with Crippen LogP contribution in [0.25, 0.3) is 0 Å². The van der Waals surface area contributed by atoms with Gasteiger partial charge in [-0.1, -0.05) is 6.58 Å². The largest absolute Gasteiger partial charge is 0.390 e. The van der Waals surface area contributed by atoms with Gasteiger partial charge in [0.1, 0.15) is 5.83 Å². The number of nitrogens with zero attached hydrogens (tertiary/aromatic N) is 1. The standard InChI is InChI=1S/C5H6F2N2/c1-4(6)2-5(7)9-3-8/h2-3H,1H2,(H2,8,9)/b5-2-. The fourth-order valence-electron chi connectivity index (χ4n) is 0.238. The summed E-state index contributed by atoms with van der Waals surface area (Å²) in [6, 6.07) is 0. The normalized spacial score (nSPS) is 12.4. The first-order valence-corrected chi connectivity index (χ1v) is 2.12. The third-order valence-corrected chi connectivity index (χ3v) is 0.474. The molecule has 2 N–H and O–H groups in total. The van der Waals surface area contributed by atoms with Crippen LogP contribution in [0.3, 0.4) is 0 Å². The average molecular weight is 132 g/mol. The van der Waals surface area contributed by atoms with Crippen LogP contribution in [0.2, 0.25) is 0 Å². The van der Waals surface area contributed by atoms with Gasteiger partial charge in [-0.05, 0) is 0 Å². The van der Waals surface area contributed by atoms with Crippen LogP contribution in [0.1, 0.15) is 0 Å². The van der Waals surface area contributed by atoms with Crippen LogP contribution in [0, 0.1) is 0 Å². The third-order valence-electron chi connectivity index (χ3n) is 0.474. The minimum atomic E-state index is -0.995. The van der Waals surface area contributed by atoms with Gasteiger partial charge < -0.3 is 5.73 Å². The molecule has 0 fully saturated rings. The minimum Gasteiger partial charge on any atom is -0.390 e. The first-order chi connectivity index (χ1) is 4.16. The molecule has 4 heteroatoms. The van der Waals surface area contributed by atoms with Crippen molar-refractivity contribution in [3.05, 3.63) is 24.4 Å². The van der Waals surface area contributed by atoms with Gasteiger partial charge in [0, 0.05) is 6.08 Å². The second kappa shape index (κ2) is 3.77. The average Bonchev–Trinajstić information content (AvgIpc) is 1.63. The lowest BCUT2D eigenvalue weighted by Gasteiger charge is -1.81. The van der Waals surface area contributed by atoms with Crippen LogP contribution in [-0.4, -0.2) is 6.34 Å². The zero-order chi connectivity index (χ0) is 7.28. The fourth-order valence-corrected chi connectivity index (χ4v) is 0.238. The Balaban J connectivity index is 4.00. The molecule has 0 unspecified atom stereocenters. The highest BCUT2D eigenvalue weighted by atomic mass is 19.1. The number of rotatable bonds is 2. The van der Waals surface area contributed by atoms with Gasteiger partial charge in [0.15, 0.2) is 0 Å². The van der Waals surface area contributed by atoms with Crippen LogP contribution in [0.15, 0.2) is 29.4 Å². The van der Waals surface area contributed by atoms with Crippen LogP contribution in [0.4, 0.5) is 8.78 Å². The molecule has 0 atom stereocenters. The number of halogens is 2. The van der Waals surface area contributed by atoms with E-state index in [2.05, 4.69) is 17.3 Å². The van der Waals surface area contributed by atoms with E-state index in [1.54, 1.807) is 0 Å². The van der Waals surface area contributed by atoms with E-state index < -0.39 is 11.8 Å². The summed E-state index contributed by atoms with van der Waals surface area (Å²) >= 11 is 0. The van der Waals surface area contributed by atoms with Crippen LogP contribution < -0.4 is 5.73 Å². The molecule has 2 nitrogen and oxygen atoms in total. The van der Waals surface area contributed by atoms with Crippen LogP contribution in [0.5, 0.6) is 0 Å². The topological polar surface area (TPSA) is 38.4 Å². The van der Waals surface area contributed by atoms with E-state index in [9.17, 15) is 8.78 Å². The Bertz CT molecular complexity index is 160. The second-order valence-electron chi connectivity index (χ2n) is 1.19. The molecule has 0 heterocycles. The summed E-state index contributed by atoms with van der Waals surface area (Å²) in [5.41, 5.74) is 4.68.